The molecule has 0 aromatic heterocycles. The van der Waals surface area contributed by atoms with Crippen molar-refractivity contribution in [2.75, 3.05) is 24.2 Å². The average Bonchev–Trinajstić information content (AvgIpc) is 2.16. The SMILES string of the molecule is CC(CN(C)c1ccc(Br)cc1N)C(N)=O. The number of halogens is 1. The van der Waals surface area contributed by atoms with Gasteiger partial charge < -0.3 is 16.4 Å². The second kappa shape index (κ2) is 5.21. The Kier molecular flexibility index (Phi) is 4.18. The van der Waals surface area contributed by atoms with Gasteiger partial charge in [-0.3, -0.25) is 4.79 Å². The molecule has 0 spiro atoms. The van der Waals surface area contributed by atoms with Gasteiger partial charge >= 0.3 is 0 Å². The number of amides is 1. The smallest absolute Gasteiger partial charge is 0.222 e. The molecule has 0 saturated carbocycles. The van der Waals surface area contributed by atoms with Crippen molar-refractivity contribution < 1.29 is 4.79 Å². The molecule has 88 valence electrons. The van der Waals surface area contributed by atoms with E-state index in [1.165, 1.54) is 0 Å². The number of nitrogens with zero attached hydrogens (tertiary/aromatic N) is 1. The Labute approximate surface area is 104 Å². The van der Waals surface area contributed by atoms with Crippen LogP contribution < -0.4 is 16.4 Å². The maximum atomic E-state index is 11.0. The van der Waals surface area contributed by atoms with Gasteiger partial charge in [0.15, 0.2) is 0 Å². The number of primary amides is 1. The molecule has 1 unspecified atom stereocenters. The first-order valence-electron chi connectivity index (χ1n) is 4.97. The highest BCUT2D eigenvalue weighted by atomic mass is 79.9. The first-order valence-corrected chi connectivity index (χ1v) is 5.76. The summed E-state index contributed by atoms with van der Waals surface area (Å²) in [4.78, 5) is 12.9. The van der Waals surface area contributed by atoms with Crippen LogP contribution in [0, 0.1) is 5.92 Å². The van der Waals surface area contributed by atoms with Crippen molar-refractivity contribution in [3.05, 3.63) is 22.7 Å². The summed E-state index contributed by atoms with van der Waals surface area (Å²) in [6.45, 7) is 2.36. The predicted molar refractivity (Wildman–Crippen MR) is 70.2 cm³/mol. The third kappa shape index (κ3) is 3.13. The van der Waals surface area contributed by atoms with Gasteiger partial charge in [-0.25, -0.2) is 0 Å². The van der Waals surface area contributed by atoms with E-state index in [0.717, 1.165) is 10.2 Å². The Balaban J connectivity index is 2.80. The first-order chi connectivity index (χ1) is 7.41. The molecule has 1 amide bonds. The normalized spacial score (nSPS) is 12.2. The topological polar surface area (TPSA) is 72.3 Å². The van der Waals surface area contributed by atoms with Crippen LogP contribution in [-0.2, 0) is 4.79 Å². The minimum atomic E-state index is -0.303. The molecule has 0 radical (unpaired) electrons. The highest BCUT2D eigenvalue weighted by Crippen LogP contribution is 2.26. The molecule has 1 rings (SSSR count). The van der Waals surface area contributed by atoms with Crippen LogP contribution in [0.25, 0.3) is 0 Å². The van der Waals surface area contributed by atoms with E-state index >= 15 is 0 Å². The van der Waals surface area contributed by atoms with E-state index in [1.807, 2.05) is 30.1 Å². The molecule has 4 nitrogen and oxygen atoms in total. The van der Waals surface area contributed by atoms with Crippen molar-refractivity contribution in [3.63, 3.8) is 0 Å². The molecule has 0 aliphatic carbocycles. The zero-order valence-corrected chi connectivity index (χ0v) is 11.0. The number of anilines is 2. The fourth-order valence-electron chi connectivity index (χ4n) is 1.47. The summed E-state index contributed by atoms with van der Waals surface area (Å²) in [5, 5.41) is 0. The van der Waals surface area contributed by atoms with Crippen LogP contribution in [0.2, 0.25) is 0 Å². The predicted octanol–water partition coefficient (Wildman–Crippen LogP) is 1.59. The molecule has 1 atom stereocenters. The molecule has 0 bridgehead atoms. The van der Waals surface area contributed by atoms with Gasteiger partial charge in [0.25, 0.3) is 0 Å². The monoisotopic (exact) mass is 285 g/mol. The minimum absolute atomic E-state index is 0.201. The van der Waals surface area contributed by atoms with E-state index in [1.54, 1.807) is 6.92 Å². The molecule has 0 heterocycles. The molecular formula is C11H16BrN3O. The number of carbonyl (C=O) groups excluding carboxylic acids is 1. The quantitative estimate of drug-likeness (QED) is 0.826. The Morgan fingerprint density at radius 1 is 1.56 bits per heavy atom. The molecule has 0 saturated heterocycles. The molecular weight excluding hydrogens is 270 g/mol. The molecule has 4 N–H and O–H groups in total. The lowest BCUT2D eigenvalue weighted by Crippen LogP contribution is -2.32. The largest absolute Gasteiger partial charge is 0.397 e. The number of carbonyl (C=O) groups is 1. The third-order valence-electron chi connectivity index (χ3n) is 2.43. The van der Waals surface area contributed by atoms with E-state index < -0.39 is 0 Å². The van der Waals surface area contributed by atoms with Crippen molar-refractivity contribution in [2.45, 2.75) is 6.92 Å². The van der Waals surface area contributed by atoms with Gasteiger partial charge in [-0.15, -0.1) is 0 Å². The maximum Gasteiger partial charge on any atom is 0.222 e. The molecule has 0 aliphatic rings. The number of nitrogens with two attached hydrogens (primary N) is 2. The second-order valence-electron chi connectivity index (χ2n) is 3.89. The number of rotatable bonds is 4. The summed E-state index contributed by atoms with van der Waals surface area (Å²) < 4.78 is 0.935. The van der Waals surface area contributed by atoms with E-state index in [-0.39, 0.29) is 11.8 Å². The summed E-state index contributed by atoms with van der Waals surface area (Å²) in [6, 6.07) is 5.66. The molecule has 0 fully saturated rings. The highest BCUT2D eigenvalue weighted by Gasteiger charge is 2.13. The van der Waals surface area contributed by atoms with Gasteiger partial charge in [-0.05, 0) is 18.2 Å². The van der Waals surface area contributed by atoms with Crippen molar-refractivity contribution in [2.24, 2.45) is 11.7 Å². The molecule has 16 heavy (non-hydrogen) atoms. The summed E-state index contributed by atoms with van der Waals surface area (Å²) in [5.41, 5.74) is 12.7. The maximum absolute atomic E-state index is 11.0. The standard InChI is InChI=1S/C11H16BrN3O/c1-7(11(14)16)6-15(2)10-4-3-8(12)5-9(10)13/h3-5,7H,6,13H2,1-2H3,(H2,14,16). The molecule has 0 aliphatic heterocycles. The minimum Gasteiger partial charge on any atom is -0.397 e. The Bertz CT molecular complexity index is 395. The summed E-state index contributed by atoms with van der Waals surface area (Å²) in [6.07, 6.45) is 0. The fraction of sp³-hybridized carbons (Fsp3) is 0.364. The van der Waals surface area contributed by atoms with Gasteiger partial charge in [0.1, 0.15) is 0 Å². The van der Waals surface area contributed by atoms with Gasteiger partial charge in [-0.1, -0.05) is 22.9 Å². The van der Waals surface area contributed by atoms with Crippen LogP contribution in [0.1, 0.15) is 6.92 Å². The van der Waals surface area contributed by atoms with Crippen molar-refractivity contribution in [1.82, 2.24) is 0 Å². The molecule has 1 aromatic rings. The van der Waals surface area contributed by atoms with E-state index in [9.17, 15) is 4.79 Å². The Morgan fingerprint density at radius 3 is 2.69 bits per heavy atom. The second-order valence-corrected chi connectivity index (χ2v) is 4.80. The fourth-order valence-corrected chi connectivity index (χ4v) is 1.85. The van der Waals surface area contributed by atoms with Crippen LogP contribution in [0.3, 0.4) is 0 Å². The Hall–Kier alpha value is -1.23. The lowest BCUT2D eigenvalue weighted by atomic mass is 10.1. The average molecular weight is 286 g/mol. The zero-order valence-electron chi connectivity index (χ0n) is 9.40. The van der Waals surface area contributed by atoms with Gasteiger partial charge in [-0.2, -0.15) is 0 Å². The van der Waals surface area contributed by atoms with Gasteiger partial charge in [0, 0.05) is 18.1 Å². The zero-order chi connectivity index (χ0) is 12.3. The van der Waals surface area contributed by atoms with Crippen LogP contribution >= 0.6 is 15.9 Å². The third-order valence-corrected chi connectivity index (χ3v) is 2.93. The number of hydrogen-bond donors (Lipinski definition) is 2. The van der Waals surface area contributed by atoms with Crippen LogP contribution in [0.5, 0.6) is 0 Å². The number of nitrogen functional groups attached to an aromatic ring is 1. The summed E-state index contributed by atoms with van der Waals surface area (Å²) >= 11 is 3.35. The lowest BCUT2D eigenvalue weighted by molar-refractivity contribution is -0.121. The molecule has 1 aromatic carbocycles. The lowest BCUT2D eigenvalue weighted by Gasteiger charge is -2.23. The molecule has 5 heteroatoms. The Morgan fingerprint density at radius 2 is 2.19 bits per heavy atom. The number of hydrogen-bond acceptors (Lipinski definition) is 3. The van der Waals surface area contributed by atoms with Gasteiger partial charge in [0.2, 0.25) is 5.91 Å². The first kappa shape index (κ1) is 12.8. The van der Waals surface area contributed by atoms with E-state index in [0.29, 0.717) is 12.2 Å². The van der Waals surface area contributed by atoms with E-state index in [4.69, 9.17) is 11.5 Å². The van der Waals surface area contributed by atoms with Crippen molar-refractivity contribution >= 4 is 33.2 Å². The summed E-state index contributed by atoms with van der Waals surface area (Å²) in [5.74, 6) is -0.504. The summed E-state index contributed by atoms with van der Waals surface area (Å²) in [7, 11) is 1.89. The van der Waals surface area contributed by atoms with E-state index in [2.05, 4.69) is 15.9 Å². The highest BCUT2D eigenvalue weighted by molar-refractivity contribution is 9.10. The van der Waals surface area contributed by atoms with Crippen LogP contribution in [0.4, 0.5) is 11.4 Å². The number of benzene rings is 1. The van der Waals surface area contributed by atoms with Crippen LogP contribution in [0.15, 0.2) is 22.7 Å². The van der Waals surface area contributed by atoms with Gasteiger partial charge in [0.05, 0.1) is 17.3 Å². The van der Waals surface area contributed by atoms with Crippen molar-refractivity contribution in [3.8, 4) is 0 Å². The van der Waals surface area contributed by atoms with Crippen molar-refractivity contribution in [1.29, 1.82) is 0 Å². The van der Waals surface area contributed by atoms with Crippen LogP contribution in [-0.4, -0.2) is 19.5 Å².